The molecule has 4 nitrogen and oxygen atoms in total. The maximum Gasteiger partial charge on any atom is 0.569 e. The molecule has 0 bridgehead atoms. The fourth-order valence-electron chi connectivity index (χ4n) is 15.0. The van der Waals surface area contributed by atoms with E-state index in [4.69, 9.17) is 32.9 Å². The van der Waals surface area contributed by atoms with E-state index in [-0.39, 0.29) is 5.41 Å². The first-order valence-corrected chi connectivity index (χ1v) is 31.6. The van der Waals surface area contributed by atoms with Crippen molar-refractivity contribution in [3.05, 3.63) is 374 Å². The number of rotatable bonds is 5. The van der Waals surface area contributed by atoms with Crippen LogP contribution in [0.2, 0.25) is 10.0 Å². The van der Waals surface area contributed by atoms with E-state index in [9.17, 15) is 0 Å². The first-order chi connectivity index (χ1) is 44.4. The van der Waals surface area contributed by atoms with Crippen LogP contribution in [-0.2, 0) is 10.8 Å². The zero-order chi connectivity index (χ0) is 60.5. The largest absolute Gasteiger partial charge is 0.569 e. The summed E-state index contributed by atoms with van der Waals surface area (Å²) in [6.07, 6.45) is 0. The smallest absolute Gasteiger partial charge is 0.537 e. The van der Waals surface area contributed by atoms with Gasteiger partial charge in [0.1, 0.15) is 5.75 Å². The van der Waals surface area contributed by atoms with Crippen LogP contribution in [0.4, 0.5) is 34.1 Å². The van der Waals surface area contributed by atoms with Crippen molar-refractivity contribution in [2.45, 2.75) is 10.8 Å². The standard InChI is InChI=1S/C41H26ClN.C31H20BrN.C10H7BClO2/c42-38-25-23-29(30-14-4-5-16-32(30)38)27-22-24-35-33(26-27)31-15-6-7-17-34(31)41(35)36-18-8-10-20-39(36)43(28-12-2-1-3-13-28)40-21-11-9-19-37(40)41;32-21-18-19-26-24(20-21)23-12-4-5-13-25(23)31(26)27-14-6-8-16-29(27)33(22-10-2-1-3-11-22)30-17-9-7-15-28(30)31;12-9-5-6-10(14-11-13)8-4-2-1-3-7(8)9/h1-26H;1-20H;1-6,13H. The van der Waals surface area contributed by atoms with E-state index in [2.05, 4.69) is 299 Å². The van der Waals surface area contributed by atoms with Gasteiger partial charge in [-0.3, -0.25) is 0 Å². The highest BCUT2D eigenvalue weighted by Gasteiger charge is 2.53. The van der Waals surface area contributed by atoms with Crippen molar-refractivity contribution in [2.24, 2.45) is 0 Å². The van der Waals surface area contributed by atoms with Crippen LogP contribution < -0.4 is 14.5 Å². The molecule has 2 aliphatic carbocycles. The van der Waals surface area contributed by atoms with Crippen molar-refractivity contribution in [1.29, 1.82) is 0 Å². The van der Waals surface area contributed by atoms with E-state index in [1.165, 1.54) is 112 Å². The molecule has 1 radical (unpaired) electrons. The van der Waals surface area contributed by atoms with Gasteiger partial charge in [0.2, 0.25) is 0 Å². The van der Waals surface area contributed by atoms with Gasteiger partial charge in [0.15, 0.2) is 0 Å². The molecule has 8 heteroatoms. The van der Waals surface area contributed by atoms with Crippen LogP contribution in [0.25, 0.3) is 54.9 Å². The Kier molecular flexibility index (Phi) is 13.9. The topological polar surface area (TPSA) is 35.9 Å². The van der Waals surface area contributed by atoms with Crippen molar-refractivity contribution >= 4 is 102 Å². The number of para-hydroxylation sites is 6. The molecule has 0 amide bonds. The highest BCUT2D eigenvalue weighted by Crippen LogP contribution is 2.65. The summed E-state index contributed by atoms with van der Waals surface area (Å²) < 4.78 is 6.05. The van der Waals surface area contributed by atoms with Crippen molar-refractivity contribution in [1.82, 2.24) is 0 Å². The molecule has 0 atom stereocenters. The second kappa shape index (κ2) is 22.6. The maximum atomic E-state index is 8.57. The van der Waals surface area contributed by atoms with E-state index in [1.54, 1.807) is 12.1 Å². The van der Waals surface area contributed by atoms with Gasteiger partial charge < -0.3 is 19.5 Å². The highest BCUT2D eigenvalue weighted by atomic mass is 79.9. The second-order valence-electron chi connectivity index (χ2n) is 22.9. The summed E-state index contributed by atoms with van der Waals surface area (Å²) in [7, 11) is 0.662. The molecule has 14 aromatic carbocycles. The maximum absolute atomic E-state index is 8.57. The van der Waals surface area contributed by atoms with Crippen LogP contribution in [-0.4, -0.2) is 12.7 Å². The van der Waals surface area contributed by atoms with Crippen LogP contribution in [0.3, 0.4) is 0 Å². The summed E-state index contributed by atoms with van der Waals surface area (Å²) in [6, 6.07) is 113. The molecule has 1 N–H and O–H groups in total. The van der Waals surface area contributed by atoms with Crippen molar-refractivity contribution < 1.29 is 9.68 Å². The Labute approximate surface area is 542 Å². The van der Waals surface area contributed by atoms with Crippen LogP contribution in [0.1, 0.15) is 44.5 Å². The Morgan fingerprint density at radius 3 is 1.17 bits per heavy atom. The number of hydrogen-bond donors (Lipinski definition) is 1. The van der Waals surface area contributed by atoms with Crippen LogP contribution in [0, 0.1) is 0 Å². The van der Waals surface area contributed by atoms with Gasteiger partial charge in [0.05, 0.1) is 33.6 Å². The lowest BCUT2D eigenvalue weighted by atomic mass is 9.64. The fourth-order valence-corrected chi connectivity index (χ4v) is 15.8. The normalized spacial score (nSPS) is 13.5. The summed E-state index contributed by atoms with van der Waals surface area (Å²) in [5, 5.41) is 14.1. The Morgan fingerprint density at radius 2 is 0.678 bits per heavy atom. The molecule has 90 heavy (non-hydrogen) atoms. The van der Waals surface area contributed by atoms with Gasteiger partial charge in [-0.15, -0.1) is 0 Å². The van der Waals surface area contributed by atoms with Gasteiger partial charge in [0.25, 0.3) is 0 Å². The Bertz CT molecular complexity index is 5040. The molecule has 2 aliphatic heterocycles. The van der Waals surface area contributed by atoms with Crippen LogP contribution in [0.15, 0.2) is 320 Å². The van der Waals surface area contributed by atoms with Crippen molar-refractivity contribution in [3.63, 3.8) is 0 Å². The van der Waals surface area contributed by atoms with Crippen LogP contribution >= 0.6 is 39.1 Å². The minimum Gasteiger partial charge on any atom is -0.537 e. The van der Waals surface area contributed by atoms with E-state index in [0.29, 0.717) is 18.5 Å². The van der Waals surface area contributed by atoms with E-state index < -0.39 is 5.41 Å². The number of nitrogens with zero attached hydrogens (tertiary/aromatic N) is 2. The molecule has 0 aromatic heterocycles. The van der Waals surface area contributed by atoms with Crippen LogP contribution in [0.5, 0.6) is 5.75 Å². The Morgan fingerprint density at radius 1 is 0.311 bits per heavy atom. The zero-order valence-electron chi connectivity index (χ0n) is 48.5. The third kappa shape index (κ3) is 8.54. The number of hydrogen-bond acceptors (Lipinski definition) is 4. The molecule has 0 saturated carbocycles. The minimum atomic E-state index is -0.439. The molecular weight excluding hydrogens is 1210 g/mol. The van der Waals surface area contributed by atoms with E-state index in [0.717, 1.165) is 31.3 Å². The second-order valence-corrected chi connectivity index (χ2v) is 24.6. The number of benzene rings is 14. The highest BCUT2D eigenvalue weighted by molar-refractivity contribution is 9.10. The molecule has 4 aliphatic rings. The third-order valence-corrected chi connectivity index (χ3v) is 19.6. The van der Waals surface area contributed by atoms with Crippen molar-refractivity contribution in [3.8, 4) is 39.1 Å². The molecule has 0 saturated heterocycles. The predicted molar refractivity (Wildman–Crippen MR) is 377 cm³/mol. The number of fused-ring (bicyclic) bond motifs is 20. The van der Waals surface area contributed by atoms with Gasteiger partial charge in [-0.1, -0.05) is 270 Å². The minimum absolute atomic E-state index is 0.356. The molecule has 427 valence electrons. The number of halogens is 3. The quantitative estimate of drug-likeness (QED) is 0.174. The van der Waals surface area contributed by atoms with Gasteiger partial charge in [-0.25, -0.2) is 0 Å². The fraction of sp³-hybridized carbons (Fsp3) is 0.0244. The van der Waals surface area contributed by atoms with Gasteiger partial charge >= 0.3 is 7.69 Å². The van der Waals surface area contributed by atoms with E-state index in [1.807, 2.05) is 30.3 Å². The summed E-state index contributed by atoms with van der Waals surface area (Å²) >= 11 is 16.3. The molecular formula is C82H53BBrCl2N2O2. The molecule has 2 heterocycles. The van der Waals surface area contributed by atoms with E-state index >= 15 is 0 Å². The lowest BCUT2D eigenvalue weighted by molar-refractivity contribution is 0.456. The van der Waals surface area contributed by atoms with Gasteiger partial charge in [-0.05, 0) is 168 Å². The monoisotopic (exact) mass is 1260 g/mol. The summed E-state index contributed by atoms with van der Waals surface area (Å²) in [4.78, 5) is 4.83. The first-order valence-electron chi connectivity index (χ1n) is 30.1. The number of anilines is 6. The molecule has 14 aromatic rings. The SMILES string of the molecule is Brc1ccc2c(c1)-c1ccccc1C21c2ccccc2N(c2ccccc2)c2ccccc21.Clc1ccc(-c2ccc3c(c2)-c2ccccc2C32c3ccccc3N(c3ccccc3)c3ccccc32)c2ccccc12.O[B]Oc1ccc(Cl)c2ccccc12. The molecule has 2 spiro atoms. The summed E-state index contributed by atoms with van der Waals surface area (Å²) in [6.45, 7) is 0. The summed E-state index contributed by atoms with van der Waals surface area (Å²) in [5.74, 6) is 0.590. The lowest BCUT2D eigenvalue weighted by Crippen LogP contribution is -2.36. The van der Waals surface area contributed by atoms with Gasteiger partial charge in [0, 0.05) is 42.1 Å². The third-order valence-electron chi connectivity index (χ3n) is 18.5. The molecule has 0 unspecified atom stereocenters. The van der Waals surface area contributed by atoms with Gasteiger partial charge in [-0.2, -0.15) is 0 Å². The Hall–Kier alpha value is -9.92. The Balaban J connectivity index is 0.000000121. The zero-order valence-corrected chi connectivity index (χ0v) is 51.6. The van der Waals surface area contributed by atoms with Crippen molar-refractivity contribution in [2.75, 3.05) is 9.80 Å². The average molecular weight is 1260 g/mol. The predicted octanol–water partition coefficient (Wildman–Crippen LogP) is 22.3. The first kappa shape index (κ1) is 55.4. The lowest BCUT2D eigenvalue weighted by Gasteiger charge is -2.45. The molecule has 18 rings (SSSR count). The average Bonchev–Trinajstić information content (AvgIpc) is 1.45. The molecule has 0 fully saturated rings. The summed E-state index contributed by atoms with van der Waals surface area (Å²) in [5.41, 5.74) is 24.6.